The summed E-state index contributed by atoms with van der Waals surface area (Å²) in [5.74, 6) is 0. The minimum atomic E-state index is -0.0388. The fraction of sp³-hybridized carbons (Fsp3) is 0.176. The molecule has 0 aliphatic carbocycles. The Bertz CT molecular complexity index is 796. The van der Waals surface area contributed by atoms with Crippen molar-refractivity contribution in [2.45, 2.75) is 19.5 Å². The monoisotopic (exact) mass is 279 g/mol. The summed E-state index contributed by atoms with van der Waals surface area (Å²) in [6, 6.07) is 13.9. The molecule has 0 saturated heterocycles. The van der Waals surface area contributed by atoms with Crippen molar-refractivity contribution in [3.8, 4) is 0 Å². The Balaban J connectivity index is 1.79. The van der Waals surface area contributed by atoms with Crippen LogP contribution in [0, 0.1) is 0 Å². The number of benzene rings is 1. The molecule has 0 fully saturated rings. The van der Waals surface area contributed by atoms with E-state index in [0.29, 0.717) is 6.54 Å². The van der Waals surface area contributed by atoms with E-state index in [4.69, 9.17) is 0 Å². The number of aromatic nitrogens is 2. The summed E-state index contributed by atoms with van der Waals surface area (Å²) in [5, 5.41) is 4.42. The van der Waals surface area contributed by atoms with Gasteiger partial charge in [0.25, 0.3) is 5.56 Å². The van der Waals surface area contributed by atoms with Crippen molar-refractivity contribution >= 4 is 10.9 Å². The van der Waals surface area contributed by atoms with Gasteiger partial charge in [0.15, 0.2) is 0 Å². The first kappa shape index (κ1) is 13.5. The van der Waals surface area contributed by atoms with Crippen LogP contribution in [0.25, 0.3) is 10.9 Å². The second kappa shape index (κ2) is 5.89. The molecule has 3 rings (SSSR count). The van der Waals surface area contributed by atoms with Gasteiger partial charge in [0.1, 0.15) is 0 Å². The molecular weight excluding hydrogens is 262 g/mol. The Kier molecular flexibility index (Phi) is 3.79. The second-order valence-electron chi connectivity index (χ2n) is 5.09. The van der Waals surface area contributed by atoms with Crippen molar-refractivity contribution in [3.05, 3.63) is 76.3 Å². The van der Waals surface area contributed by atoms with E-state index < -0.39 is 0 Å². The molecular formula is C17H17N3O. The highest BCUT2D eigenvalue weighted by molar-refractivity contribution is 5.78. The Hall–Kier alpha value is -2.46. The molecule has 2 aromatic heterocycles. The molecule has 4 nitrogen and oxygen atoms in total. The Labute approximate surface area is 122 Å². The van der Waals surface area contributed by atoms with Crippen molar-refractivity contribution in [2.24, 2.45) is 0 Å². The van der Waals surface area contributed by atoms with Crippen molar-refractivity contribution in [2.75, 3.05) is 0 Å². The maximum atomic E-state index is 12.1. The third-order valence-electron chi connectivity index (χ3n) is 3.64. The summed E-state index contributed by atoms with van der Waals surface area (Å²) < 4.78 is 0. The van der Waals surface area contributed by atoms with E-state index in [1.807, 2.05) is 42.5 Å². The van der Waals surface area contributed by atoms with Crippen LogP contribution in [0.15, 0.2) is 59.7 Å². The highest BCUT2D eigenvalue weighted by atomic mass is 16.1. The van der Waals surface area contributed by atoms with E-state index in [-0.39, 0.29) is 11.6 Å². The number of fused-ring (bicyclic) bond motifs is 1. The van der Waals surface area contributed by atoms with E-state index in [0.717, 1.165) is 22.0 Å². The molecule has 0 aliphatic heterocycles. The maximum Gasteiger partial charge on any atom is 0.252 e. The summed E-state index contributed by atoms with van der Waals surface area (Å²) in [6.45, 7) is 2.61. The molecule has 106 valence electrons. The lowest BCUT2D eigenvalue weighted by atomic mass is 10.1. The zero-order valence-electron chi connectivity index (χ0n) is 11.8. The molecule has 0 bridgehead atoms. The van der Waals surface area contributed by atoms with Crippen molar-refractivity contribution in [1.82, 2.24) is 15.3 Å². The number of hydrogen-bond acceptors (Lipinski definition) is 3. The lowest BCUT2D eigenvalue weighted by Gasteiger charge is -2.13. The number of para-hydroxylation sites is 1. The molecule has 4 heteroatoms. The molecule has 0 amide bonds. The number of pyridine rings is 2. The van der Waals surface area contributed by atoms with Crippen LogP contribution in [0.1, 0.15) is 24.1 Å². The summed E-state index contributed by atoms with van der Waals surface area (Å²) in [4.78, 5) is 19.0. The average Bonchev–Trinajstić information content (AvgIpc) is 2.53. The van der Waals surface area contributed by atoms with E-state index in [2.05, 4.69) is 22.2 Å². The summed E-state index contributed by atoms with van der Waals surface area (Å²) >= 11 is 0. The van der Waals surface area contributed by atoms with E-state index in [1.165, 1.54) is 0 Å². The molecule has 3 aromatic rings. The van der Waals surface area contributed by atoms with Gasteiger partial charge in [-0.1, -0.05) is 18.2 Å². The summed E-state index contributed by atoms with van der Waals surface area (Å²) in [7, 11) is 0. The number of nitrogens with one attached hydrogen (secondary N) is 2. The van der Waals surface area contributed by atoms with E-state index in [1.54, 1.807) is 12.4 Å². The Morgan fingerprint density at radius 1 is 1.19 bits per heavy atom. The molecule has 1 atom stereocenters. The largest absolute Gasteiger partial charge is 0.322 e. The molecule has 0 saturated carbocycles. The topological polar surface area (TPSA) is 57.8 Å². The minimum Gasteiger partial charge on any atom is -0.322 e. The van der Waals surface area contributed by atoms with Gasteiger partial charge >= 0.3 is 0 Å². The first-order valence-corrected chi connectivity index (χ1v) is 6.98. The normalized spacial score (nSPS) is 12.4. The van der Waals surface area contributed by atoms with Crippen LogP contribution in [0.4, 0.5) is 0 Å². The number of hydrogen-bond donors (Lipinski definition) is 2. The van der Waals surface area contributed by atoms with Gasteiger partial charge in [-0.3, -0.25) is 9.78 Å². The standard InChI is InChI=1S/C17H17N3O/c1-12(13-6-8-18-9-7-13)19-11-15-10-14-4-2-3-5-16(14)20-17(15)21/h2-10,12,19H,11H2,1H3,(H,20,21)/t12-/m1/s1. The minimum absolute atomic E-state index is 0.0388. The van der Waals surface area contributed by atoms with Gasteiger partial charge in [0.05, 0.1) is 0 Å². The van der Waals surface area contributed by atoms with Crippen LogP contribution in [-0.2, 0) is 6.54 Å². The lowest BCUT2D eigenvalue weighted by molar-refractivity contribution is 0.572. The predicted molar refractivity (Wildman–Crippen MR) is 84.1 cm³/mol. The molecule has 0 aliphatic rings. The fourth-order valence-electron chi connectivity index (χ4n) is 2.36. The van der Waals surface area contributed by atoms with Gasteiger partial charge in [-0.15, -0.1) is 0 Å². The van der Waals surface area contributed by atoms with Crippen LogP contribution in [0.3, 0.4) is 0 Å². The predicted octanol–water partition coefficient (Wildman–Crippen LogP) is 2.77. The number of H-pyrrole nitrogens is 1. The molecule has 0 spiro atoms. The van der Waals surface area contributed by atoms with Gasteiger partial charge in [-0.25, -0.2) is 0 Å². The first-order valence-electron chi connectivity index (χ1n) is 6.98. The number of rotatable bonds is 4. The number of aromatic amines is 1. The average molecular weight is 279 g/mol. The molecule has 1 aromatic carbocycles. The van der Waals surface area contributed by atoms with Crippen LogP contribution in [0.5, 0.6) is 0 Å². The third kappa shape index (κ3) is 3.01. The Morgan fingerprint density at radius 3 is 2.76 bits per heavy atom. The van der Waals surface area contributed by atoms with Crippen molar-refractivity contribution < 1.29 is 0 Å². The van der Waals surface area contributed by atoms with Crippen LogP contribution in [0.2, 0.25) is 0 Å². The highest BCUT2D eigenvalue weighted by Gasteiger charge is 2.07. The second-order valence-corrected chi connectivity index (χ2v) is 5.09. The zero-order chi connectivity index (χ0) is 14.7. The van der Waals surface area contributed by atoms with Gasteiger partial charge in [0, 0.05) is 36.1 Å². The quantitative estimate of drug-likeness (QED) is 0.772. The van der Waals surface area contributed by atoms with Gasteiger partial charge < -0.3 is 10.3 Å². The summed E-state index contributed by atoms with van der Waals surface area (Å²) in [5.41, 5.74) is 2.73. The van der Waals surface area contributed by atoms with E-state index >= 15 is 0 Å². The first-order chi connectivity index (χ1) is 10.2. The van der Waals surface area contributed by atoms with Gasteiger partial charge in [0.2, 0.25) is 0 Å². The zero-order valence-corrected chi connectivity index (χ0v) is 11.8. The summed E-state index contributed by atoms with van der Waals surface area (Å²) in [6.07, 6.45) is 3.55. The van der Waals surface area contributed by atoms with E-state index in [9.17, 15) is 4.79 Å². The molecule has 0 unspecified atom stereocenters. The highest BCUT2D eigenvalue weighted by Crippen LogP contribution is 2.13. The fourth-order valence-corrected chi connectivity index (χ4v) is 2.36. The SMILES string of the molecule is C[C@@H](NCc1cc2ccccc2[nH]c1=O)c1ccncc1. The van der Waals surface area contributed by atoms with Gasteiger partial charge in [-0.05, 0) is 42.1 Å². The molecule has 2 N–H and O–H groups in total. The Morgan fingerprint density at radius 2 is 1.95 bits per heavy atom. The van der Waals surface area contributed by atoms with Crippen LogP contribution in [-0.4, -0.2) is 9.97 Å². The molecule has 0 radical (unpaired) electrons. The van der Waals surface area contributed by atoms with Crippen molar-refractivity contribution in [1.29, 1.82) is 0 Å². The molecule has 21 heavy (non-hydrogen) atoms. The third-order valence-corrected chi connectivity index (χ3v) is 3.64. The maximum absolute atomic E-state index is 12.1. The van der Waals surface area contributed by atoms with Crippen LogP contribution >= 0.6 is 0 Å². The lowest BCUT2D eigenvalue weighted by Crippen LogP contribution is -2.23. The molecule has 2 heterocycles. The van der Waals surface area contributed by atoms with Crippen molar-refractivity contribution in [3.63, 3.8) is 0 Å². The van der Waals surface area contributed by atoms with Crippen LogP contribution < -0.4 is 10.9 Å². The number of nitrogens with zero attached hydrogens (tertiary/aromatic N) is 1. The van der Waals surface area contributed by atoms with Gasteiger partial charge in [-0.2, -0.15) is 0 Å². The smallest absolute Gasteiger partial charge is 0.252 e.